The molecule has 0 saturated carbocycles. The van der Waals surface area contributed by atoms with Crippen LogP contribution >= 0.6 is 11.3 Å². The molecule has 1 aromatic rings. The van der Waals surface area contributed by atoms with Gasteiger partial charge in [-0.05, 0) is 23.8 Å². The molecule has 3 heteroatoms. The lowest BCUT2D eigenvalue weighted by atomic mass is 10.0. The van der Waals surface area contributed by atoms with Crippen molar-refractivity contribution < 1.29 is 9.90 Å². The zero-order valence-electron chi connectivity index (χ0n) is 8.62. The lowest BCUT2D eigenvalue weighted by Crippen LogP contribution is -2.02. The largest absolute Gasteiger partial charge is 0.391 e. The molecule has 78 valence electrons. The van der Waals surface area contributed by atoms with E-state index in [0.29, 0.717) is 17.9 Å². The standard InChI is InChI=1S/C11H16O2S/c1-8(2)3-4-10(13)9-5-6-14-11(9)7-12/h5-6,8,12H,3-4,7H2,1-2H3. The summed E-state index contributed by atoms with van der Waals surface area (Å²) in [6.45, 7) is 4.18. The third-order valence-corrected chi connectivity index (χ3v) is 3.04. The van der Waals surface area contributed by atoms with Crippen molar-refractivity contribution >= 4 is 17.1 Å². The number of hydrogen-bond donors (Lipinski definition) is 1. The molecule has 0 bridgehead atoms. The van der Waals surface area contributed by atoms with Crippen LogP contribution in [0.25, 0.3) is 0 Å². The molecule has 0 amide bonds. The minimum absolute atomic E-state index is 0.0274. The molecule has 1 rings (SSSR count). The molecule has 0 aliphatic rings. The molecule has 0 aliphatic heterocycles. The molecule has 0 aromatic carbocycles. The minimum atomic E-state index is -0.0274. The maximum absolute atomic E-state index is 11.7. The lowest BCUT2D eigenvalue weighted by molar-refractivity contribution is 0.0973. The molecule has 1 heterocycles. The molecule has 1 N–H and O–H groups in total. The van der Waals surface area contributed by atoms with Crippen molar-refractivity contribution in [2.75, 3.05) is 0 Å². The predicted molar refractivity (Wildman–Crippen MR) is 58.6 cm³/mol. The van der Waals surface area contributed by atoms with Crippen LogP contribution in [0.15, 0.2) is 11.4 Å². The van der Waals surface area contributed by atoms with Crippen LogP contribution in [0.5, 0.6) is 0 Å². The zero-order chi connectivity index (χ0) is 10.6. The van der Waals surface area contributed by atoms with Crippen LogP contribution in [0.4, 0.5) is 0 Å². The maximum atomic E-state index is 11.7. The third-order valence-electron chi connectivity index (χ3n) is 2.14. The van der Waals surface area contributed by atoms with Gasteiger partial charge in [0, 0.05) is 16.9 Å². The summed E-state index contributed by atoms with van der Waals surface area (Å²) < 4.78 is 0. The lowest BCUT2D eigenvalue weighted by Gasteiger charge is -2.03. The van der Waals surface area contributed by atoms with E-state index >= 15 is 0 Å². The molecular formula is C11H16O2S. The van der Waals surface area contributed by atoms with Gasteiger partial charge in [-0.2, -0.15) is 0 Å². The van der Waals surface area contributed by atoms with Crippen LogP contribution in [0, 0.1) is 5.92 Å². The molecule has 1 aromatic heterocycles. The fourth-order valence-corrected chi connectivity index (χ4v) is 2.02. The number of aliphatic hydroxyl groups excluding tert-OH is 1. The van der Waals surface area contributed by atoms with Crippen molar-refractivity contribution in [3.05, 3.63) is 21.9 Å². The first-order valence-corrected chi connectivity index (χ1v) is 5.73. The molecule has 0 radical (unpaired) electrons. The number of carbonyl (C=O) groups is 1. The second kappa shape index (κ2) is 5.27. The predicted octanol–water partition coefficient (Wildman–Crippen LogP) is 2.86. The van der Waals surface area contributed by atoms with E-state index in [1.54, 1.807) is 6.07 Å². The summed E-state index contributed by atoms with van der Waals surface area (Å²) in [5.41, 5.74) is 0.707. The van der Waals surface area contributed by atoms with E-state index in [1.165, 1.54) is 11.3 Å². The van der Waals surface area contributed by atoms with Crippen LogP contribution < -0.4 is 0 Å². The Morgan fingerprint density at radius 2 is 2.29 bits per heavy atom. The van der Waals surface area contributed by atoms with E-state index < -0.39 is 0 Å². The Bertz CT molecular complexity index is 302. The fourth-order valence-electron chi connectivity index (χ4n) is 1.27. The van der Waals surface area contributed by atoms with Gasteiger partial charge in [-0.1, -0.05) is 13.8 Å². The number of Topliss-reactive ketones (excluding diaryl/α,β-unsaturated/α-hetero) is 1. The van der Waals surface area contributed by atoms with E-state index in [2.05, 4.69) is 13.8 Å². The van der Waals surface area contributed by atoms with Gasteiger partial charge in [0.2, 0.25) is 0 Å². The maximum Gasteiger partial charge on any atom is 0.164 e. The number of hydrogen-bond acceptors (Lipinski definition) is 3. The first-order valence-electron chi connectivity index (χ1n) is 4.85. The quantitative estimate of drug-likeness (QED) is 0.762. The Kier molecular flexibility index (Phi) is 4.29. The number of carbonyl (C=O) groups excluding carboxylic acids is 1. The molecule has 0 spiro atoms. The average molecular weight is 212 g/mol. The highest BCUT2D eigenvalue weighted by Gasteiger charge is 2.12. The van der Waals surface area contributed by atoms with Crippen LogP contribution in [0.2, 0.25) is 0 Å². The SMILES string of the molecule is CC(C)CCC(=O)c1ccsc1CO. The van der Waals surface area contributed by atoms with E-state index in [9.17, 15) is 4.79 Å². The molecular weight excluding hydrogens is 196 g/mol. The van der Waals surface area contributed by atoms with Crippen LogP contribution in [-0.4, -0.2) is 10.9 Å². The topological polar surface area (TPSA) is 37.3 Å². The molecule has 0 aliphatic carbocycles. The summed E-state index contributed by atoms with van der Waals surface area (Å²) in [4.78, 5) is 12.5. The van der Waals surface area contributed by atoms with Crippen molar-refractivity contribution in [1.82, 2.24) is 0 Å². The van der Waals surface area contributed by atoms with Gasteiger partial charge >= 0.3 is 0 Å². The van der Waals surface area contributed by atoms with Gasteiger partial charge in [0.05, 0.1) is 6.61 Å². The van der Waals surface area contributed by atoms with Gasteiger partial charge in [-0.15, -0.1) is 11.3 Å². The number of aliphatic hydroxyl groups is 1. The summed E-state index contributed by atoms with van der Waals surface area (Å²) in [7, 11) is 0. The van der Waals surface area contributed by atoms with Gasteiger partial charge in [0.15, 0.2) is 5.78 Å². The highest BCUT2D eigenvalue weighted by Crippen LogP contribution is 2.19. The Hall–Kier alpha value is -0.670. The van der Waals surface area contributed by atoms with Crippen molar-refractivity contribution in [1.29, 1.82) is 0 Å². The normalized spacial score (nSPS) is 10.9. The van der Waals surface area contributed by atoms with E-state index in [-0.39, 0.29) is 12.4 Å². The van der Waals surface area contributed by atoms with E-state index in [4.69, 9.17) is 5.11 Å². The van der Waals surface area contributed by atoms with Gasteiger partial charge in [-0.25, -0.2) is 0 Å². The Balaban J connectivity index is 2.60. The van der Waals surface area contributed by atoms with Crippen LogP contribution in [0.3, 0.4) is 0 Å². The van der Waals surface area contributed by atoms with Crippen molar-refractivity contribution in [2.24, 2.45) is 5.92 Å². The highest BCUT2D eigenvalue weighted by atomic mass is 32.1. The van der Waals surface area contributed by atoms with Gasteiger partial charge in [0.25, 0.3) is 0 Å². The molecule has 2 nitrogen and oxygen atoms in total. The molecule has 0 saturated heterocycles. The van der Waals surface area contributed by atoms with Crippen LogP contribution in [-0.2, 0) is 6.61 Å². The van der Waals surface area contributed by atoms with Crippen molar-refractivity contribution in [3.8, 4) is 0 Å². The molecule has 0 fully saturated rings. The number of ketones is 1. The van der Waals surface area contributed by atoms with E-state index in [1.807, 2.05) is 5.38 Å². The summed E-state index contributed by atoms with van der Waals surface area (Å²) in [6.07, 6.45) is 1.50. The minimum Gasteiger partial charge on any atom is -0.391 e. The Labute approximate surface area is 88.6 Å². The number of rotatable bonds is 5. The van der Waals surface area contributed by atoms with Crippen molar-refractivity contribution in [2.45, 2.75) is 33.3 Å². The third kappa shape index (κ3) is 2.93. The summed E-state index contributed by atoms with van der Waals surface area (Å²) in [5.74, 6) is 0.708. The molecule has 0 unspecified atom stereocenters. The van der Waals surface area contributed by atoms with Crippen molar-refractivity contribution in [3.63, 3.8) is 0 Å². The highest BCUT2D eigenvalue weighted by molar-refractivity contribution is 7.10. The first kappa shape index (κ1) is 11.4. The fraction of sp³-hybridized carbons (Fsp3) is 0.545. The van der Waals surface area contributed by atoms with Gasteiger partial charge in [-0.3, -0.25) is 4.79 Å². The van der Waals surface area contributed by atoms with Gasteiger partial charge in [0.1, 0.15) is 0 Å². The average Bonchev–Trinajstić information content (AvgIpc) is 2.61. The van der Waals surface area contributed by atoms with Crippen LogP contribution in [0.1, 0.15) is 41.9 Å². The van der Waals surface area contributed by atoms with Gasteiger partial charge < -0.3 is 5.11 Å². The smallest absolute Gasteiger partial charge is 0.164 e. The summed E-state index contributed by atoms with van der Waals surface area (Å²) in [6, 6.07) is 1.80. The summed E-state index contributed by atoms with van der Waals surface area (Å²) in [5, 5.41) is 10.8. The molecule has 14 heavy (non-hydrogen) atoms. The second-order valence-electron chi connectivity index (χ2n) is 3.77. The Morgan fingerprint density at radius 1 is 1.57 bits per heavy atom. The summed E-state index contributed by atoms with van der Waals surface area (Å²) >= 11 is 1.44. The van der Waals surface area contributed by atoms with E-state index in [0.717, 1.165) is 11.3 Å². The Morgan fingerprint density at radius 3 is 2.86 bits per heavy atom. The number of thiophene rings is 1. The zero-order valence-corrected chi connectivity index (χ0v) is 9.43. The second-order valence-corrected chi connectivity index (χ2v) is 4.77. The first-order chi connectivity index (χ1) is 6.65. The molecule has 0 atom stereocenters. The monoisotopic (exact) mass is 212 g/mol.